The minimum absolute atomic E-state index is 0.00376. The zero-order valence-electron chi connectivity index (χ0n) is 23.1. The van der Waals surface area contributed by atoms with Gasteiger partial charge in [-0.25, -0.2) is 19.6 Å². The lowest BCUT2D eigenvalue weighted by Gasteiger charge is -2.16. The molecule has 1 aliphatic carbocycles. The van der Waals surface area contributed by atoms with Crippen molar-refractivity contribution in [2.75, 3.05) is 37.7 Å². The van der Waals surface area contributed by atoms with Crippen LogP contribution in [0.15, 0.2) is 61.1 Å². The summed E-state index contributed by atoms with van der Waals surface area (Å²) in [7, 11) is 2.09. The number of carbonyl (C=O) groups is 2. The van der Waals surface area contributed by atoms with Crippen molar-refractivity contribution in [1.29, 1.82) is 5.26 Å². The fourth-order valence-corrected chi connectivity index (χ4v) is 5.22. The Kier molecular flexibility index (Phi) is 7.33. The molecular weight excluding hydrogens is 532 g/mol. The number of fused-ring (bicyclic) bond motifs is 1. The van der Waals surface area contributed by atoms with Crippen LogP contribution in [0.3, 0.4) is 0 Å². The highest BCUT2D eigenvalue weighted by Gasteiger charge is 2.30. The molecule has 1 aliphatic heterocycles. The van der Waals surface area contributed by atoms with Crippen molar-refractivity contribution in [3.8, 4) is 17.3 Å². The van der Waals surface area contributed by atoms with E-state index in [1.165, 1.54) is 31.4 Å². The number of hydrogen-bond donors (Lipinski definition) is 2. The third kappa shape index (κ3) is 5.55. The number of nitrogens with zero attached hydrogens (tertiary/aromatic N) is 8. The van der Waals surface area contributed by atoms with Gasteiger partial charge in [0, 0.05) is 49.1 Å². The third-order valence-corrected chi connectivity index (χ3v) is 7.71. The van der Waals surface area contributed by atoms with E-state index in [1.54, 1.807) is 36.4 Å². The van der Waals surface area contributed by atoms with Gasteiger partial charge in [0.1, 0.15) is 23.7 Å². The molecule has 1 atom stereocenters. The summed E-state index contributed by atoms with van der Waals surface area (Å²) in [6, 6.07) is 12.6. The van der Waals surface area contributed by atoms with E-state index in [0.717, 1.165) is 18.5 Å². The maximum Gasteiger partial charge on any atom is 0.256 e. The molecule has 0 bridgehead atoms. The highest BCUT2D eigenvalue weighted by Crippen LogP contribution is 2.34. The Morgan fingerprint density at radius 2 is 1.98 bits per heavy atom. The highest BCUT2D eigenvalue weighted by atomic mass is 16.2. The van der Waals surface area contributed by atoms with Gasteiger partial charge in [-0.1, -0.05) is 18.2 Å². The Labute approximate surface area is 242 Å². The monoisotopic (exact) mass is 562 g/mol. The smallest absolute Gasteiger partial charge is 0.256 e. The summed E-state index contributed by atoms with van der Waals surface area (Å²) in [5, 5.41) is 17.3. The van der Waals surface area contributed by atoms with Crippen LogP contribution in [0.4, 0.5) is 11.6 Å². The number of aromatic nitrogens is 5. The Morgan fingerprint density at radius 1 is 1.17 bits per heavy atom. The van der Waals surface area contributed by atoms with Crippen molar-refractivity contribution in [2.45, 2.75) is 31.3 Å². The molecule has 1 saturated heterocycles. The minimum atomic E-state index is -0.355. The number of benzene rings is 1. The molecule has 12 heteroatoms. The lowest BCUT2D eigenvalue weighted by atomic mass is 10.1. The van der Waals surface area contributed by atoms with Gasteiger partial charge in [0.2, 0.25) is 5.91 Å². The van der Waals surface area contributed by atoms with E-state index in [9.17, 15) is 9.59 Å². The van der Waals surface area contributed by atoms with Crippen LogP contribution in [0.5, 0.6) is 0 Å². The van der Waals surface area contributed by atoms with Gasteiger partial charge in [-0.3, -0.25) is 14.5 Å². The summed E-state index contributed by atoms with van der Waals surface area (Å²) in [5.74, 6) is 0.241. The fraction of sp³-hybridized carbons (Fsp3) is 0.300. The second kappa shape index (κ2) is 11.4. The Hall–Kier alpha value is -5.15. The van der Waals surface area contributed by atoms with Crippen LogP contribution in [0.1, 0.15) is 41.2 Å². The first kappa shape index (κ1) is 27.0. The van der Waals surface area contributed by atoms with Gasteiger partial charge in [0.15, 0.2) is 5.65 Å². The largest absolute Gasteiger partial charge is 0.383 e. The number of likely N-dealkylation sites (tertiary alicyclic amines) is 1. The number of hydrogen-bond acceptors (Lipinski definition) is 9. The molecule has 0 spiro atoms. The van der Waals surface area contributed by atoms with E-state index >= 15 is 0 Å². The number of nitrogens with two attached hydrogens (primary N) is 1. The van der Waals surface area contributed by atoms with Crippen LogP contribution in [0, 0.1) is 11.3 Å². The molecule has 4 aromatic rings. The number of amides is 2. The Morgan fingerprint density at radius 3 is 2.74 bits per heavy atom. The number of nitrogen functional groups attached to an aromatic ring is 1. The minimum Gasteiger partial charge on any atom is -0.383 e. The lowest BCUT2D eigenvalue weighted by molar-refractivity contribution is -0.125. The summed E-state index contributed by atoms with van der Waals surface area (Å²) in [4.78, 5) is 42.5. The molecule has 2 aliphatic rings. The van der Waals surface area contributed by atoms with Crippen molar-refractivity contribution in [3.63, 3.8) is 0 Å². The normalized spacial score (nSPS) is 16.8. The summed E-state index contributed by atoms with van der Waals surface area (Å²) >= 11 is 0. The van der Waals surface area contributed by atoms with Gasteiger partial charge in [-0.2, -0.15) is 10.4 Å². The zero-order valence-corrected chi connectivity index (χ0v) is 23.1. The van der Waals surface area contributed by atoms with Crippen molar-refractivity contribution < 1.29 is 9.59 Å². The first-order valence-electron chi connectivity index (χ1n) is 13.8. The van der Waals surface area contributed by atoms with Crippen molar-refractivity contribution >= 4 is 34.5 Å². The second-order valence-corrected chi connectivity index (χ2v) is 10.6. The van der Waals surface area contributed by atoms with Gasteiger partial charge in [0.25, 0.3) is 5.91 Å². The molecule has 0 radical (unpaired) electrons. The van der Waals surface area contributed by atoms with Gasteiger partial charge in [-0.05, 0) is 50.6 Å². The molecule has 3 aromatic heterocycles. The van der Waals surface area contributed by atoms with E-state index in [1.807, 2.05) is 21.7 Å². The Balaban J connectivity index is 1.20. The highest BCUT2D eigenvalue weighted by molar-refractivity contribution is 6.04. The topological polar surface area (TPSA) is 159 Å². The fourth-order valence-electron chi connectivity index (χ4n) is 5.22. The van der Waals surface area contributed by atoms with Crippen LogP contribution in [0.25, 0.3) is 22.3 Å². The molecule has 2 amide bonds. The molecule has 1 saturated carbocycles. The first-order valence-corrected chi connectivity index (χ1v) is 13.8. The molecule has 4 heterocycles. The molecule has 42 heavy (non-hydrogen) atoms. The van der Waals surface area contributed by atoms with E-state index < -0.39 is 0 Å². The average Bonchev–Trinajstić information content (AvgIpc) is 3.61. The van der Waals surface area contributed by atoms with E-state index in [0.29, 0.717) is 58.6 Å². The average molecular weight is 563 g/mol. The quantitative estimate of drug-likeness (QED) is 0.308. The third-order valence-electron chi connectivity index (χ3n) is 7.71. The number of carbonyl (C=O) groups excluding carboxylic acids is 2. The van der Waals surface area contributed by atoms with E-state index in [2.05, 4.69) is 32.2 Å². The molecule has 6 rings (SSSR count). The predicted octanol–water partition coefficient (Wildman–Crippen LogP) is 3.02. The summed E-state index contributed by atoms with van der Waals surface area (Å²) in [6.07, 6.45) is 9.69. The Bertz CT molecular complexity index is 1720. The summed E-state index contributed by atoms with van der Waals surface area (Å²) in [6.45, 7) is 1.91. The number of pyridine rings is 1. The maximum atomic E-state index is 12.9. The predicted molar refractivity (Wildman–Crippen MR) is 157 cm³/mol. The second-order valence-electron chi connectivity index (χ2n) is 10.6. The zero-order chi connectivity index (χ0) is 29.2. The van der Waals surface area contributed by atoms with Gasteiger partial charge in [-0.15, -0.1) is 0 Å². The molecule has 1 unspecified atom stereocenters. The van der Waals surface area contributed by atoms with Crippen LogP contribution in [-0.2, 0) is 4.79 Å². The van der Waals surface area contributed by atoms with Gasteiger partial charge >= 0.3 is 0 Å². The van der Waals surface area contributed by atoms with Gasteiger partial charge in [0.05, 0.1) is 23.1 Å². The SMILES string of the molecule is CN(CC=CC(=O)N1CCC(n2nc(-c3ccc(C(=O)Nc4cc(C#N)ccn4)cc3)c3c(N)ncnc32)C1)C1CC1. The molecule has 212 valence electrons. The van der Waals surface area contributed by atoms with Crippen molar-refractivity contribution in [1.82, 2.24) is 34.5 Å². The molecular formula is C30H30N10O2. The summed E-state index contributed by atoms with van der Waals surface area (Å²) < 4.78 is 1.84. The van der Waals surface area contributed by atoms with Crippen molar-refractivity contribution in [2.24, 2.45) is 0 Å². The number of anilines is 2. The molecule has 3 N–H and O–H groups in total. The van der Waals surface area contributed by atoms with Crippen molar-refractivity contribution in [3.05, 3.63) is 72.2 Å². The molecule has 12 nitrogen and oxygen atoms in total. The summed E-state index contributed by atoms with van der Waals surface area (Å²) in [5.41, 5.74) is 9.07. The first-order chi connectivity index (χ1) is 20.4. The molecule has 1 aromatic carbocycles. The lowest BCUT2D eigenvalue weighted by Crippen LogP contribution is -2.28. The number of rotatable bonds is 8. The number of likely N-dealkylation sites (N-methyl/N-ethyl adjacent to an activating group) is 1. The van der Waals surface area contributed by atoms with E-state index in [-0.39, 0.29) is 17.9 Å². The molecule has 2 fully saturated rings. The van der Waals surface area contributed by atoms with E-state index in [4.69, 9.17) is 16.1 Å². The van der Waals surface area contributed by atoms with Gasteiger partial charge < -0.3 is 16.0 Å². The van der Waals surface area contributed by atoms with Crippen LogP contribution in [0.2, 0.25) is 0 Å². The van der Waals surface area contributed by atoms with Crippen LogP contribution < -0.4 is 11.1 Å². The standard InChI is InChI=1S/C30H30N10O2/c1-38(22-8-9-22)13-2-3-25(41)39-14-11-23(17-39)40-29-26(28(32)34-18-35-29)27(37-40)20-4-6-21(7-5-20)30(42)36-24-15-19(16-31)10-12-33-24/h2-7,10,12,15,18,22-23H,8-9,11,13-14,17H2,1H3,(H2,32,34,35)(H,33,36,42). The maximum absolute atomic E-state index is 12.9. The number of nitriles is 1. The number of nitrogens with one attached hydrogen (secondary N) is 1. The van der Waals surface area contributed by atoms with Crippen LogP contribution in [-0.4, -0.2) is 79.1 Å². The van der Waals surface area contributed by atoms with Crippen LogP contribution >= 0.6 is 0 Å².